The Labute approximate surface area is 131 Å². The lowest BCUT2D eigenvalue weighted by Crippen LogP contribution is -2.53. The molecule has 8 heteroatoms. The molecule has 2 atom stereocenters. The Morgan fingerprint density at radius 2 is 2.22 bits per heavy atom. The fourth-order valence-corrected chi connectivity index (χ4v) is 3.26. The van der Waals surface area contributed by atoms with Crippen LogP contribution in [-0.2, 0) is 9.59 Å². The Morgan fingerprint density at radius 1 is 1.43 bits per heavy atom. The number of nitrogens with one attached hydrogen (secondary N) is 3. The monoisotopic (exact) mass is 321 g/mol. The summed E-state index contributed by atoms with van der Waals surface area (Å²) in [5, 5.41) is 7.34. The first-order valence-corrected chi connectivity index (χ1v) is 7.24. The first-order chi connectivity index (χ1) is 11.0. The molecule has 2 aliphatic rings. The predicted octanol–water partition coefficient (Wildman–Crippen LogP) is 1.15. The molecule has 122 valence electrons. The average Bonchev–Trinajstić information content (AvgIpc) is 3.03. The van der Waals surface area contributed by atoms with Gasteiger partial charge in [0.15, 0.2) is 11.6 Å². The van der Waals surface area contributed by atoms with Crippen LogP contribution in [0.4, 0.5) is 14.9 Å². The van der Waals surface area contributed by atoms with E-state index in [9.17, 15) is 18.8 Å². The van der Waals surface area contributed by atoms with E-state index in [2.05, 4.69) is 16.0 Å². The highest BCUT2D eigenvalue weighted by atomic mass is 19.1. The molecule has 4 amide bonds. The zero-order valence-electron chi connectivity index (χ0n) is 12.4. The second-order valence-electron chi connectivity index (χ2n) is 5.66. The van der Waals surface area contributed by atoms with Gasteiger partial charge in [-0.2, -0.15) is 0 Å². The van der Waals surface area contributed by atoms with E-state index in [4.69, 9.17) is 4.74 Å². The molecular weight excluding hydrogens is 305 g/mol. The third-order valence-corrected chi connectivity index (χ3v) is 4.36. The van der Waals surface area contributed by atoms with Crippen LogP contribution in [0.3, 0.4) is 0 Å². The van der Waals surface area contributed by atoms with E-state index >= 15 is 0 Å². The van der Waals surface area contributed by atoms with Crippen molar-refractivity contribution in [3.63, 3.8) is 0 Å². The SMILES string of the molecule is COc1ccc(NC(=O)C2CCCC23NC(=O)NC3=O)cc1F. The largest absolute Gasteiger partial charge is 0.494 e. The van der Waals surface area contributed by atoms with E-state index in [1.165, 1.54) is 19.2 Å². The summed E-state index contributed by atoms with van der Waals surface area (Å²) in [6, 6.07) is 3.46. The molecule has 3 N–H and O–H groups in total. The van der Waals surface area contributed by atoms with E-state index in [1.54, 1.807) is 0 Å². The van der Waals surface area contributed by atoms with Crippen molar-refractivity contribution in [2.75, 3.05) is 12.4 Å². The quantitative estimate of drug-likeness (QED) is 0.728. The second-order valence-corrected chi connectivity index (χ2v) is 5.66. The minimum atomic E-state index is -1.20. The van der Waals surface area contributed by atoms with Gasteiger partial charge in [0.25, 0.3) is 5.91 Å². The molecule has 1 saturated heterocycles. The molecule has 1 saturated carbocycles. The lowest BCUT2D eigenvalue weighted by molar-refractivity contribution is -0.131. The maximum Gasteiger partial charge on any atom is 0.322 e. The van der Waals surface area contributed by atoms with E-state index < -0.39 is 35.1 Å². The van der Waals surface area contributed by atoms with Gasteiger partial charge in [-0.25, -0.2) is 9.18 Å². The molecule has 7 nitrogen and oxygen atoms in total. The Balaban J connectivity index is 1.79. The van der Waals surface area contributed by atoms with Gasteiger partial charge in [0.2, 0.25) is 5.91 Å². The van der Waals surface area contributed by atoms with Crippen LogP contribution in [0, 0.1) is 11.7 Å². The van der Waals surface area contributed by atoms with Crippen LogP contribution in [0.25, 0.3) is 0 Å². The Kier molecular flexibility index (Phi) is 3.67. The summed E-state index contributed by atoms with van der Waals surface area (Å²) >= 11 is 0. The summed E-state index contributed by atoms with van der Waals surface area (Å²) in [6.07, 6.45) is 1.51. The van der Waals surface area contributed by atoms with E-state index in [0.717, 1.165) is 6.07 Å². The molecule has 2 fully saturated rings. The summed E-state index contributed by atoms with van der Waals surface area (Å²) in [5.41, 5.74) is -0.938. The van der Waals surface area contributed by atoms with Crippen LogP contribution in [0.2, 0.25) is 0 Å². The fraction of sp³-hybridized carbons (Fsp3) is 0.400. The summed E-state index contributed by atoms with van der Waals surface area (Å²) in [6.45, 7) is 0. The summed E-state index contributed by atoms with van der Waals surface area (Å²) in [5.74, 6) is -2.13. The summed E-state index contributed by atoms with van der Waals surface area (Å²) < 4.78 is 18.5. The minimum absolute atomic E-state index is 0.0720. The molecule has 23 heavy (non-hydrogen) atoms. The Hall–Kier alpha value is -2.64. The van der Waals surface area contributed by atoms with Crippen molar-refractivity contribution >= 4 is 23.5 Å². The number of amides is 4. The molecule has 1 heterocycles. The third-order valence-electron chi connectivity index (χ3n) is 4.36. The van der Waals surface area contributed by atoms with E-state index in [-0.39, 0.29) is 11.4 Å². The molecule has 2 unspecified atom stereocenters. The van der Waals surface area contributed by atoms with Crippen LogP contribution in [-0.4, -0.2) is 30.5 Å². The van der Waals surface area contributed by atoms with Crippen molar-refractivity contribution in [2.45, 2.75) is 24.8 Å². The number of anilines is 1. The lowest BCUT2D eigenvalue weighted by Gasteiger charge is -2.27. The van der Waals surface area contributed by atoms with Crippen molar-refractivity contribution < 1.29 is 23.5 Å². The Bertz CT molecular complexity index is 693. The van der Waals surface area contributed by atoms with Crippen LogP contribution in [0.5, 0.6) is 5.75 Å². The molecule has 1 aromatic rings. The van der Waals surface area contributed by atoms with Crippen LogP contribution in [0.1, 0.15) is 19.3 Å². The molecule has 0 bridgehead atoms. The average molecular weight is 321 g/mol. The number of halogens is 1. The second kappa shape index (κ2) is 5.53. The van der Waals surface area contributed by atoms with Gasteiger partial charge < -0.3 is 15.4 Å². The number of hydrogen-bond donors (Lipinski definition) is 3. The van der Waals surface area contributed by atoms with Crippen LogP contribution < -0.4 is 20.7 Å². The number of ether oxygens (including phenoxy) is 1. The number of carbonyl (C=O) groups excluding carboxylic acids is 3. The van der Waals surface area contributed by atoms with Crippen LogP contribution >= 0.6 is 0 Å². The van der Waals surface area contributed by atoms with Gasteiger partial charge in [-0.15, -0.1) is 0 Å². The molecule has 0 aromatic heterocycles. The minimum Gasteiger partial charge on any atom is -0.494 e. The molecule has 1 aromatic carbocycles. The van der Waals surface area contributed by atoms with Crippen molar-refractivity contribution in [2.24, 2.45) is 5.92 Å². The lowest BCUT2D eigenvalue weighted by atomic mass is 9.86. The number of benzene rings is 1. The highest BCUT2D eigenvalue weighted by molar-refractivity contribution is 6.11. The van der Waals surface area contributed by atoms with Gasteiger partial charge in [0.05, 0.1) is 13.0 Å². The Morgan fingerprint density at radius 3 is 2.83 bits per heavy atom. The third kappa shape index (κ3) is 2.49. The smallest absolute Gasteiger partial charge is 0.322 e. The van der Waals surface area contributed by atoms with Crippen molar-refractivity contribution in [3.8, 4) is 5.75 Å². The van der Waals surface area contributed by atoms with Gasteiger partial charge in [-0.05, 0) is 31.4 Å². The maximum absolute atomic E-state index is 13.7. The van der Waals surface area contributed by atoms with Crippen molar-refractivity contribution in [1.29, 1.82) is 0 Å². The molecule has 1 aliphatic carbocycles. The normalized spacial score (nSPS) is 26.1. The molecule has 3 rings (SSSR count). The number of carbonyl (C=O) groups is 3. The number of hydrogen-bond acceptors (Lipinski definition) is 4. The standard InChI is InChI=1S/C15H16FN3O4/c1-23-11-5-4-8(7-10(11)16)17-12(20)9-3-2-6-15(9)13(21)18-14(22)19-15/h4-5,7,9H,2-3,6H2,1H3,(H,17,20)(H2,18,19,21,22). The highest BCUT2D eigenvalue weighted by Gasteiger charge is 2.57. The van der Waals surface area contributed by atoms with Gasteiger partial charge in [0.1, 0.15) is 5.54 Å². The number of methoxy groups -OCH3 is 1. The van der Waals surface area contributed by atoms with Gasteiger partial charge >= 0.3 is 6.03 Å². The molecule has 1 aliphatic heterocycles. The van der Waals surface area contributed by atoms with Gasteiger partial charge in [0, 0.05) is 11.8 Å². The first-order valence-electron chi connectivity index (χ1n) is 7.24. The fourth-order valence-electron chi connectivity index (χ4n) is 3.26. The highest BCUT2D eigenvalue weighted by Crippen LogP contribution is 2.38. The molecule has 0 radical (unpaired) electrons. The van der Waals surface area contributed by atoms with Gasteiger partial charge in [-0.3, -0.25) is 14.9 Å². The zero-order chi connectivity index (χ0) is 16.6. The van der Waals surface area contributed by atoms with Crippen molar-refractivity contribution in [1.82, 2.24) is 10.6 Å². The number of imide groups is 1. The topological polar surface area (TPSA) is 96.5 Å². The molecular formula is C15H16FN3O4. The zero-order valence-corrected chi connectivity index (χ0v) is 12.4. The number of rotatable bonds is 3. The van der Waals surface area contributed by atoms with Crippen molar-refractivity contribution in [3.05, 3.63) is 24.0 Å². The summed E-state index contributed by atoms with van der Waals surface area (Å²) in [7, 11) is 1.35. The number of urea groups is 1. The van der Waals surface area contributed by atoms with Crippen LogP contribution in [0.15, 0.2) is 18.2 Å². The predicted molar refractivity (Wildman–Crippen MR) is 78.3 cm³/mol. The maximum atomic E-state index is 13.7. The first kappa shape index (κ1) is 15.3. The van der Waals surface area contributed by atoms with E-state index in [1.807, 2.05) is 0 Å². The summed E-state index contributed by atoms with van der Waals surface area (Å²) in [4.78, 5) is 36.0. The van der Waals surface area contributed by atoms with E-state index in [0.29, 0.717) is 19.3 Å². The molecule has 1 spiro atoms. The van der Waals surface area contributed by atoms with Gasteiger partial charge in [-0.1, -0.05) is 0 Å².